The van der Waals surface area contributed by atoms with Gasteiger partial charge in [-0.25, -0.2) is 4.57 Å². The van der Waals surface area contributed by atoms with Gasteiger partial charge in [0.2, 0.25) is 0 Å². The molecule has 0 aromatic carbocycles. The minimum atomic E-state index is -4.72. The van der Waals surface area contributed by atoms with Crippen molar-refractivity contribution in [3.63, 3.8) is 0 Å². The summed E-state index contributed by atoms with van der Waals surface area (Å²) in [6.07, 6.45) is 43.5. The van der Waals surface area contributed by atoms with Gasteiger partial charge in [0.1, 0.15) is 12.6 Å². The highest BCUT2D eigenvalue weighted by molar-refractivity contribution is 7.47. The first-order valence-corrected chi connectivity index (χ1v) is 24.0. The molecule has 0 aliphatic carbocycles. The molecule has 0 radical (unpaired) electrons. The molecule has 0 bridgehead atoms. The standard InChI is InChI=1S/C45H82NO10P/c1-3-5-7-9-11-13-15-17-19-20-21-23-24-26-28-30-32-34-36-43(47)53-38-41(39-54-57(51,52)55-40-42(46)45(49)50)56-44(48)37-35-33-31-29-27-25-22-18-16-14-12-10-8-6-4-2/h12,14,18-20,22,41-42H,3-11,13,15-17,21,23-40,46H2,1-2H3,(H,49,50)(H,51,52)/b14-12-,20-19-,22-18-. The third kappa shape index (κ3) is 40.3. The molecule has 0 spiro atoms. The van der Waals surface area contributed by atoms with E-state index in [1.165, 1.54) is 89.9 Å². The van der Waals surface area contributed by atoms with E-state index < -0.39 is 51.1 Å². The highest BCUT2D eigenvalue weighted by Crippen LogP contribution is 2.43. The zero-order valence-corrected chi connectivity index (χ0v) is 36.8. The fourth-order valence-electron chi connectivity index (χ4n) is 6.03. The van der Waals surface area contributed by atoms with E-state index >= 15 is 0 Å². The smallest absolute Gasteiger partial charge is 0.472 e. The van der Waals surface area contributed by atoms with Crippen LogP contribution >= 0.6 is 7.82 Å². The van der Waals surface area contributed by atoms with E-state index in [0.717, 1.165) is 70.6 Å². The van der Waals surface area contributed by atoms with Gasteiger partial charge in [0, 0.05) is 12.8 Å². The summed E-state index contributed by atoms with van der Waals surface area (Å²) in [4.78, 5) is 46.0. The average Bonchev–Trinajstić information content (AvgIpc) is 3.19. The predicted octanol–water partition coefficient (Wildman–Crippen LogP) is 12.0. The van der Waals surface area contributed by atoms with Crippen LogP contribution in [0.25, 0.3) is 0 Å². The minimum absolute atomic E-state index is 0.145. The maximum absolute atomic E-state index is 12.6. The molecule has 57 heavy (non-hydrogen) atoms. The molecule has 0 amide bonds. The number of carbonyl (C=O) groups is 3. The molecule has 0 heterocycles. The average molecular weight is 828 g/mol. The topological polar surface area (TPSA) is 172 Å². The maximum Gasteiger partial charge on any atom is 0.472 e. The summed E-state index contributed by atoms with van der Waals surface area (Å²) in [5, 5.41) is 8.89. The molecule has 11 nitrogen and oxygen atoms in total. The highest BCUT2D eigenvalue weighted by Gasteiger charge is 2.28. The van der Waals surface area contributed by atoms with E-state index in [0.29, 0.717) is 12.8 Å². The van der Waals surface area contributed by atoms with Crippen LogP contribution < -0.4 is 5.73 Å². The molecule has 332 valence electrons. The number of phosphoric acid groups is 1. The monoisotopic (exact) mass is 828 g/mol. The van der Waals surface area contributed by atoms with Gasteiger partial charge in [-0.15, -0.1) is 0 Å². The Labute approximate surface area is 346 Å². The van der Waals surface area contributed by atoms with Gasteiger partial charge in [-0.05, 0) is 70.6 Å². The van der Waals surface area contributed by atoms with Crippen LogP contribution in [0.3, 0.4) is 0 Å². The van der Waals surface area contributed by atoms with Gasteiger partial charge in [0.15, 0.2) is 6.10 Å². The minimum Gasteiger partial charge on any atom is -0.480 e. The van der Waals surface area contributed by atoms with Crippen molar-refractivity contribution in [1.82, 2.24) is 0 Å². The number of nitrogens with two attached hydrogens (primary N) is 1. The molecule has 0 aliphatic rings. The third-order valence-corrected chi connectivity index (χ3v) is 10.6. The maximum atomic E-state index is 12.6. The molecule has 0 fully saturated rings. The summed E-state index contributed by atoms with van der Waals surface area (Å²) in [5.74, 6) is -2.40. The van der Waals surface area contributed by atoms with Crippen LogP contribution in [0.15, 0.2) is 36.5 Å². The number of hydrogen-bond donors (Lipinski definition) is 3. The fourth-order valence-corrected chi connectivity index (χ4v) is 6.81. The molecule has 0 saturated heterocycles. The number of ether oxygens (including phenoxy) is 2. The first-order chi connectivity index (χ1) is 27.6. The van der Waals surface area contributed by atoms with Crippen LogP contribution in [0, 0.1) is 0 Å². The van der Waals surface area contributed by atoms with E-state index in [4.69, 9.17) is 24.8 Å². The van der Waals surface area contributed by atoms with Crippen molar-refractivity contribution < 1.29 is 47.5 Å². The summed E-state index contributed by atoms with van der Waals surface area (Å²) < 4.78 is 32.7. The Balaban J connectivity index is 4.35. The van der Waals surface area contributed by atoms with Crippen LogP contribution in [0.4, 0.5) is 0 Å². The zero-order valence-electron chi connectivity index (χ0n) is 35.9. The zero-order chi connectivity index (χ0) is 42.1. The van der Waals surface area contributed by atoms with Crippen LogP contribution in [0.2, 0.25) is 0 Å². The number of carbonyl (C=O) groups excluding carboxylic acids is 2. The first kappa shape index (κ1) is 54.7. The van der Waals surface area contributed by atoms with Crippen molar-refractivity contribution >= 4 is 25.7 Å². The molecular formula is C45H82NO10P. The molecule has 0 aliphatic heterocycles. The molecule has 0 aromatic heterocycles. The second-order valence-electron chi connectivity index (χ2n) is 15.2. The number of aliphatic carboxylic acids is 1. The number of allylic oxidation sites excluding steroid dienone is 6. The molecule has 0 saturated carbocycles. The number of rotatable bonds is 42. The van der Waals surface area contributed by atoms with Gasteiger partial charge in [0.25, 0.3) is 0 Å². The number of carboxylic acid groups (broad SMARTS) is 1. The number of esters is 2. The Bertz CT molecular complexity index is 1110. The second kappa shape index (κ2) is 40.5. The van der Waals surface area contributed by atoms with Crippen molar-refractivity contribution in [3.05, 3.63) is 36.5 Å². The molecule has 0 rings (SSSR count). The van der Waals surface area contributed by atoms with Crippen LogP contribution in [0.5, 0.6) is 0 Å². The lowest BCUT2D eigenvalue weighted by molar-refractivity contribution is -0.161. The quantitative estimate of drug-likeness (QED) is 0.0231. The SMILES string of the molecule is CCCCC/C=C\C/C=C\CCCCCCCC(=O)OC(COC(=O)CCCCCCCCC/C=C\CCCCCCCCC)COP(=O)(O)OCC(N)C(=O)O. The Morgan fingerprint density at radius 3 is 1.42 bits per heavy atom. The number of hydrogen-bond acceptors (Lipinski definition) is 9. The van der Waals surface area contributed by atoms with E-state index in [1.807, 2.05) is 0 Å². The largest absolute Gasteiger partial charge is 0.480 e. The fraction of sp³-hybridized carbons (Fsp3) is 0.800. The van der Waals surface area contributed by atoms with Crippen molar-refractivity contribution in [2.45, 2.75) is 212 Å². The van der Waals surface area contributed by atoms with Crippen LogP contribution in [-0.4, -0.2) is 59.9 Å². The van der Waals surface area contributed by atoms with Gasteiger partial charge in [-0.2, -0.15) is 0 Å². The Hall–Kier alpha value is -2.30. The predicted molar refractivity (Wildman–Crippen MR) is 231 cm³/mol. The molecule has 3 atom stereocenters. The Kier molecular flexibility index (Phi) is 38.8. The van der Waals surface area contributed by atoms with Gasteiger partial charge in [-0.1, -0.05) is 153 Å². The Morgan fingerprint density at radius 1 is 0.544 bits per heavy atom. The highest BCUT2D eigenvalue weighted by atomic mass is 31.2. The number of phosphoric ester groups is 1. The van der Waals surface area contributed by atoms with Gasteiger partial charge in [-0.3, -0.25) is 23.4 Å². The lowest BCUT2D eigenvalue weighted by Crippen LogP contribution is -2.34. The van der Waals surface area contributed by atoms with Crippen molar-refractivity contribution in [3.8, 4) is 0 Å². The second-order valence-corrected chi connectivity index (χ2v) is 16.6. The summed E-state index contributed by atoms with van der Waals surface area (Å²) >= 11 is 0. The van der Waals surface area contributed by atoms with Crippen molar-refractivity contribution in [2.24, 2.45) is 5.73 Å². The van der Waals surface area contributed by atoms with Crippen LogP contribution in [-0.2, 0) is 37.5 Å². The van der Waals surface area contributed by atoms with Crippen molar-refractivity contribution in [2.75, 3.05) is 19.8 Å². The summed E-state index contributed by atoms with van der Waals surface area (Å²) in [6.45, 7) is 2.76. The molecule has 4 N–H and O–H groups in total. The summed E-state index contributed by atoms with van der Waals surface area (Å²) in [6, 6.07) is -1.52. The number of carboxylic acids is 1. The van der Waals surface area contributed by atoms with Crippen LogP contribution in [0.1, 0.15) is 200 Å². The summed E-state index contributed by atoms with van der Waals surface area (Å²) in [7, 11) is -4.72. The first-order valence-electron chi connectivity index (χ1n) is 22.5. The van der Waals surface area contributed by atoms with E-state index in [-0.39, 0.29) is 19.4 Å². The lowest BCUT2D eigenvalue weighted by Gasteiger charge is -2.20. The van der Waals surface area contributed by atoms with Gasteiger partial charge >= 0.3 is 25.7 Å². The van der Waals surface area contributed by atoms with E-state index in [9.17, 15) is 23.8 Å². The summed E-state index contributed by atoms with van der Waals surface area (Å²) in [5.41, 5.74) is 5.33. The van der Waals surface area contributed by atoms with Crippen molar-refractivity contribution in [1.29, 1.82) is 0 Å². The van der Waals surface area contributed by atoms with Gasteiger partial charge < -0.3 is 25.2 Å². The molecule has 12 heteroatoms. The van der Waals surface area contributed by atoms with Gasteiger partial charge in [0.05, 0.1) is 13.2 Å². The lowest BCUT2D eigenvalue weighted by atomic mass is 10.1. The molecule has 3 unspecified atom stereocenters. The Morgan fingerprint density at radius 2 is 0.930 bits per heavy atom. The third-order valence-electron chi connectivity index (χ3n) is 9.61. The normalized spacial score (nSPS) is 14.0. The molecular weight excluding hydrogens is 745 g/mol. The van der Waals surface area contributed by atoms with E-state index in [1.54, 1.807) is 0 Å². The van der Waals surface area contributed by atoms with E-state index in [2.05, 4.69) is 54.8 Å². The number of unbranched alkanes of at least 4 members (excludes halogenated alkanes) is 22. The molecule has 0 aromatic rings.